The number of carbonyl (C=O) groups is 1. The molecule has 0 aliphatic heterocycles. The van der Waals surface area contributed by atoms with Gasteiger partial charge < -0.3 is 15.0 Å². The van der Waals surface area contributed by atoms with Crippen LogP contribution in [-0.4, -0.2) is 23.0 Å². The molecule has 0 unspecified atom stereocenters. The van der Waals surface area contributed by atoms with Gasteiger partial charge in [-0.1, -0.05) is 23.2 Å². The van der Waals surface area contributed by atoms with Crippen molar-refractivity contribution in [1.29, 1.82) is 0 Å². The SMILES string of the molecule is COc1c(Cl)cc(C(=O)NCc2ncc[nH]2)cc1Cl. The zero-order valence-electron chi connectivity index (χ0n) is 10.0. The Morgan fingerprint density at radius 1 is 1.42 bits per heavy atom. The van der Waals surface area contributed by atoms with Crippen LogP contribution < -0.4 is 10.1 Å². The van der Waals surface area contributed by atoms with Gasteiger partial charge in [-0.2, -0.15) is 0 Å². The van der Waals surface area contributed by atoms with Crippen molar-refractivity contribution in [1.82, 2.24) is 15.3 Å². The maximum Gasteiger partial charge on any atom is 0.251 e. The summed E-state index contributed by atoms with van der Waals surface area (Å²) in [5, 5.41) is 3.28. The lowest BCUT2D eigenvalue weighted by atomic mass is 10.2. The second kappa shape index (κ2) is 5.95. The molecule has 0 fully saturated rings. The molecule has 0 atom stereocenters. The molecule has 0 saturated carbocycles. The first kappa shape index (κ1) is 13.7. The predicted molar refractivity (Wildman–Crippen MR) is 72.8 cm³/mol. The number of benzene rings is 1. The summed E-state index contributed by atoms with van der Waals surface area (Å²) in [6.07, 6.45) is 3.30. The number of carbonyl (C=O) groups excluding carboxylic acids is 1. The van der Waals surface area contributed by atoms with Crippen LogP contribution in [0.5, 0.6) is 5.75 Å². The van der Waals surface area contributed by atoms with Crippen LogP contribution in [0.4, 0.5) is 0 Å². The highest BCUT2D eigenvalue weighted by Crippen LogP contribution is 2.33. The van der Waals surface area contributed by atoms with Crippen molar-refractivity contribution in [3.05, 3.63) is 46.0 Å². The third-order valence-electron chi connectivity index (χ3n) is 2.44. The number of hydrogen-bond acceptors (Lipinski definition) is 3. The summed E-state index contributed by atoms with van der Waals surface area (Å²) in [4.78, 5) is 18.8. The molecule has 0 bridgehead atoms. The third kappa shape index (κ3) is 3.19. The van der Waals surface area contributed by atoms with E-state index in [0.29, 0.717) is 23.7 Å². The molecule has 0 radical (unpaired) electrons. The van der Waals surface area contributed by atoms with Crippen LogP contribution >= 0.6 is 23.2 Å². The molecule has 1 aromatic carbocycles. The Hall–Kier alpha value is -1.72. The van der Waals surface area contributed by atoms with Crippen molar-refractivity contribution >= 4 is 29.1 Å². The predicted octanol–water partition coefficient (Wildman–Crippen LogP) is 2.66. The van der Waals surface area contributed by atoms with Gasteiger partial charge in [0.2, 0.25) is 0 Å². The van der Waals surface area contributed by atoms with Gasteiger partial charge in [0.15, 0.2) is 5.75 Å². The van der Waals surface area contributed by atoms with Gasteiger partial charge in [0.25, 0.3) is 5.91 Å². The lowest BCUT2D eigenvalue weighted by Crippen LogP contribution is -2.23. The molecule has 5 nitrogen and oxygen atoms in total. The van der Waals surface area contributed by atoms with E-state index in [0.717, 1.165) is 0 Å². The minimum absolute atomic E-state index is 0.289. The Morgan fingerprint density at radius 3 is 2.63 bits per heavy atom. The van der Waals surface area contributed by atoms with E-state index in [2.05, 4.69) is 15.3 Å². The van der Waals surface area contributed by atoms with E-state index in [1.807, 2.05) is 0 Å². The van der Waals surface area contributed by atoms with Gasteiger partial charge in [-0.05, 0) is 12.1 Å². The van der Waals surface area contributed by atoms with Crippen molar-refractivity contribution in [2.75, 3.05) is 7.11 Å². The summed E-state index contributed by atoms with van der Waals surface area (Å²) in [5.74, 6) is 0.729. The van der Waals surface area contributed by atoms with Crippen molar-refractivity contribution in [2.45, 2.75) is 6.54 Å². The highest BCUT2D eigenvalue weighted by atomic mass is 35.5. The second-order valence-electron chi connectivity index (χ2n) is 3.69. The molecule has 0 spiro atoms. The quantitative estimate of drug-likeness (QED) is 0.912. The van der Waals surface area contributed by atoms with Crippen LogP contribution in [0.2, 0.25) is 10.0 Å². The molecule has 1 aromatic heterocycles. The number of imidazole rings is 1. The lowest BCUT2D eigenvalue weighted by Gasteiger charge is -2.08. The van der Waals surface area contributed by atoms with Gasteiger partial charge in [-0.15, -0.1) is 0 Å². The van der Waals surface area contributed by atoms with E-state index in [1.165, 1.54) is 19.2 Å². The van der Waals surface area contributed by atoms with E-state index in [4.69, 9.17) is 27.9 Å². The van der Waals surface area contributed by atoms with Gasteiger partial charge >= 0.3 is 0 Å². The van der Waals surface area contributed by atoms with Crippen LogP contribution in [0.15, 0.2) is 24.5 Å². The second-order valence-corrected chi connectivity index (χ2v) is 4.51. The maximum absolute atomic E-state index is 11.9. The van der Waals surface area contributed by atoms with E-state index < -0.39 is 0 Å². The Kier molecular flexibility index (Phi) is 4.29. The molecule has 100 valence electrons. The fourth-order valence-electron chi connectivity index (χ4n) is 1.55. The summed E-state index contributed by atoms with van der Waals surface area (Å²) < 4.78 is 5.02. The van der Waals surface area contributed by atoms with E-state index in [-0.39, 0.29) is 16.0 Å². The maximum atomic E-state index is 11.9. The third-order valence-corrected chi connectivity index (χ3v) is 3.00. The van der Waals surface area contributed by atoms with Gasteiger partial charge in [-0.3, -0.25) is 4.79 Å². The number of amides is 1. The molecule has 2 N–H and O–H groups in total. The van der Waals surface area contributed by atoms with E-state index in [1.54, 1.807) is 12.4 Å². The largest absolute Gasteiger partial charge is 0.494 e. The molecule has 7 heteroatoms. The van der Waals surface area contributed by atoms with Gasteiger partial charge in [0, 0.05) is 18.0 Å². The van der Waals surface area contributed by atoms with Crippen LogP contribution in [0.1, 0.15) is 16.2 Å². The Labute approximate surface area is 119 Å². The average Bonchev–Trinajstić information content (AvgIpc) is 2.88. The summed E-state index contributed by atoms with van der Waals surface area (Å²) in [6.45, 7) is 0.299. The summed E-state index contributed by atoms with van der Waals surface area (Å²) in [5.41, 5.74) is 0.363. The van der Waals surface area contributed by atoms with Crippen LogP contribution in [-0.2, 0) is 6.54 Å². The average molecular weight is 300 g/mol. The summed E-state index contributed by atoms with van der Waals surface area (Å²) in [6, 6.07) is 3.01. The number of rotatable bonds is 4. The normalized spacial score (nSPS) is 10.3. The summed E-state index contributed by atoms with van der Waals surface area (Å²) in [7, 11) is 1.46. The Morgan fingerprint density at radius 2 is 2.11 bits per heavy atom. The number of halogens is 2. The topological polar surface area (TPSA) is 67.0 Å². The molecule has 1 heterocycles. The van der Waals surface area contributed by atoms with Gasteiger partial charge in [0.05, 0.1) is 23.7 Å². The standard InChI is InChI=1S/C12H11Cl2N3O2/c1-19-11-8(13)4-7(5-9(11)14)12(18)17-6-10-15-2-3-16-10/h2-5H,6H2,1H3,(H,15,16)(H,17,18). The van der Waals surface area contributed by atoms with Gasteiger partial charge in [0.1, 0.15) is 5.82 Å². The molecule has 19 heavy (non-hydrogen) atoms. The molecule has 0 aliphatic carbocycles. The van der Waals surface area contributed by atoms with Crippen molar-refractivity contribution in [3.8, 4) is 5.75 Å². The smallest absolute Gasteiger partial charge is 0.251 e. The molecule has 2 aromatic rings. The fraction of sp³-hybridized carbons (Fsp3) is 0.167. The monoisotopic (exact) mass is 299 g/mol. The first-order valence-electron chi connectivity index (χ1n) is 5.41. The molecular formula is C12H11Cl2N3O2. The van der Waals surface area contributed by atoms with Crippen molar-refractivity contribution < 1.29 is 9.53 Å². The van der Waals surface area contributed by atoms with Crippen molar-refractivity contribution in [2.24, 2.45) is 0 Å². The molecular weight excluding hydrogens is 289 g/mol. The Bertz CT molecular complexity index is 562. The number of hydrogen-bond donors (Lipinski definition) is 2. The zero-order chi connectivity index (χ0) is 13.8. The van der Waals surface area contributed by atoms with Gasteiger partial charge in [-0.25, -0.2) is 4.98 Å². The number of methoxy groups -OCH3 is 1. The zero-order valence-corrected chi connectivity index (χ0v) is 11.5. The van der Waals surface area contributed by atoms with Crippen LogP contribution in [0, 0.1) is 0 Å². The highest BCUT2D eigenvalue weighted by molar-refractivity contribution is 6.37. The summed E-state index contributed by atoms with van der Waals surface area (Å²) >= 11 is 11.9. The Balaban J connectivity index is 2.11. The highest BCUT2D eigenvalue weighted by Gasteiger charge is 2.13. The number of nitrogens with one attached hydrogen (secondary N) is 2. The molecule has 0 aliphatic rings. The van der Waals surface area contributed by atoms with Crippen LogP contribution in [0.25, 0.3) is 0 Å². The first-order chi connectivity index (χ1) is 9.11. The molecule has 1 amide bonds. The first-order valence-corrected chi connectivity index (χ1v) is 6.17. The number of H-pyrrole nitrogens is 1. The minimum Gasteiger partial charge on any atom is -0.494 e. The molecule has 2 rings (SSSR count). The minimum atomic E-state index is -0.289. The van der Waals surface area contributed by atoms with E-state index >= 15 is 0 Å². The van der Waals surface area contributed by atoms with Crippen molar-refractivity contribution in [3.63, 3.8) is 0 Å². The number of ether oxygens (including phenoxy) is 1. The van der Waals surface area contributed by atoms with Crippen LogP contribution in [0.3, 0.4) is 0 Å². The number of nitrogens with zero attached hydrogens (tertiary/aromatic N) is 1. The lowest BCUT2D eigenvalue weighted by molar-refractivity contribution is 0.0950. The number of aromatic nitrogens is 2. The fourth-order valence-corrected chi connectivity index (χ4v) is 2.19. The number of aromatic amines is 1. The van der Waals surface area contributed by atoms with E-state index in [9.17, 15) is 4.79 Å². The molecule has 0 saturated heterocycles.